The van der Waals surface area contributed by atoms with Gasteiger partial charge in [0.05, 0.1) is 6.61 Å². The van der Waals surface area contributed by atoms with Gasteiger partial charge in [-0.1, -0.05) is 13.0 Å². The Morgan fingerprint density at radius 1 is 1.29 bits per heavy atom. The first kappa shape index (κ1) is 17.3. The van der Waals surface area contributed by atoms with Crippen molar-refractivity contribution in [1.82, 2.24) is 4.90 Å². The fourth-order valence-electron chi connectivity index (χ4n) is 2.18. The van der Waals surface area contributed by atoms with Crippen molar-refractivity contribution in [2.45, 2.75) is 32.4 Å². The fourth-order valence-corrected chi connectivity index (χ4v) is 2.18. The summed E-state index contributed by atoms with van der Waals surface area (Å²) in [6.07, 6.45) is -0.341. The Morgan fingerprint density at radius 3 is 2.48 bits per heavy atom. The van der Waals surface area contributed by atoms with Crippen molar-refractivity contribution in [3.8, 4) is 11.5 Å². The lowest BCUT2D eigenvalue weighted by Crippen LogP contribution is -2.44. The molecule has 6 heteroatoms. The average molecular weight is 297 g/mol. The number of nitrogens with zero attached hydrogens (tertiary/aromatic N) is 1. The molecule has 0 aliphatic carbocycles. The lowest BCUT2D eigenvalue weighted by Gasteiger charge is -2.30. The van der Waals surface area contributed by atoms with E-state index in [1.54, 1.807) is 18.9 Å². The van der Waals surface area contributed by atoms with E-state index < -0.39 is 18.1 Å². The Bertz CT molecular complexity index is 477. The number of hydrogen-bond acceptors (Lipinski definition) is 6. The number of aliphatic hydroxyl groups excluding tert-OH is 1. The van der Waals surface area contributed by atoms with E-state index in [1.807, 2.05) is 6.92 Å². The molecule has 1 unspecified atom stereocenters. The first-order chi connectivity index (χ1) is 9.92. The lowest BCUT2D eigenvalue weighted by atomic mass is 10.0. The van der Waals surface area contributed by atoms with Crippen LogP contribution < -0.4 is 0 Å². The van der Waals surface area contributed by atoms with Crippen molar-refractivity contribution >= 4 is 5.97 Å². The SMILES string of the molecule is CCCN(C)[C@H](C(=O)OCC)C(O)c1ccc(O)c(O)c1. The van der Waals surface area contributed by atoms with E-state index in [0.29, 0.717) is 12.1 Å². The number of esters is 1. The van der Waals surface area contributed by atoms with E-state index in [2.05, 4.69) is 0 Å². The zero-order chi connectivity index (χ0) is 16.0. The summed E-state index contributed by atoms with van der Waals surface area (Å²) in [7, 11) is 1.73. The zero-order valence-corrected chi connectivity index (χ0v) is 12.6. The third kappa shape index (κ3) is 4.34. The molecule has 1 rings (SSSR count). The highest BCUT2D eigenvalue weighted by atomic mass is 16.5. The van der Waals surface area contributed by atoms with Gasteiger partial charge >= 0.3 is 5.97 Å². The van der Waals surface area contributed by atoms with Crippen molar-refractivity contribution in [1.29, 1.82) is 0 Å². The first-order valence-electron chi connectivity index (χ1n) is 6.99. The average Bonchev–Trinajstić information content (AvgIpc) is 2.42. The Morgan fingerprint density at radius 2 is 1.95 bits per heavy atom. The molecule has 0 saturated carbocycles. The second-order valence-electron chi connectivity index (χ2n) is 4.87. The summed E-state index contributed by atoms with van der Waals surface area (Å²) >= 11 is 0. The third-order valence-corrected chi connectivity index (χ3v) is 3.22. The number of likely N-dealkylation sites (N-methyl/N-ethyl adjacent to an activating group) is 1. The molecule has 1 aromatic rings. The van der Waals surface area contributed by atoms with Crippen molar-refractivity contribution in [3.05, 3.63) is 23.8 Å². The Hall–Kier alpha value is -1.79. The summed E-state index contributed by atoms with van der Waals surface area (Å²) in [5, 5.41) is 29.3. The number of ether oxygens (including phenoxy) is 1. The van der Waals surface area contributed by atoms with Gasteiger partial charge in [-0.05, 0) is 44.6 Å². The van der Waals surface area contributed by atoms with Gasteiger partial charge in [0.1, 0.15) is 12.1 Å². The summed E-state index contributed by atoms with van der Waals surface area (Å²) in [5.74, 6) is -1.14. The minimum atomic E-state index is -1.16. The van der Waals surface area contributed by atoms with E-state index in [9.17, 15) is 20.1 Å². The summed E-state index contributed by atoms with van der Waals surface area (Å²) in [6, 6.07) is 3.11. The van der Waals surface area contributed by atoms with Gasteiger partial charge in [0, 0.05) is 0 Å². The zero-order valence-electron chi connectivity index (χ0n) is 12.6. The molecule has 1 aromatic carbocycles. The molecule has 0 spiro atoms. The number of benzene rings is 1. The summed E-state index contributed by atoms with van der Waals surface area (Å²) in [5.41, 5.74) is 0.339. The quantitative estimate of drug-likeness (QED) is 0.521. The Labute approximate surface area is 124 Å². The van der Waals surface area contributed by atoms with E-state index in [0.717, 1.165) is 6.42 Å². The van der Waals surface area contributed by atoms with Gasteiger partial charge in [0.2, 0.25) is 0 Å². The summed E-state index contributed by atoms with van der Waals surface area (Å²) < 4.78 is 5.02. The number of carbonyl (C=O) groups excluding carboxylic acids is 1. The number of aliphatic hydroxyl groups is 1. The molecule has 0 amide bonds. The molecule has 21 heavy (non-hydrogen) atoms. The van der Waals surface area contributed by atoms with E-state index in [1.165, 1.54) is 18.2 Å². The molecule has 0 heterocycles. The van der Waals surface area contributed by atoms with E-state index in [4.69, 9.17) is 4.74 Å². The van der Waals surface area contributed by atoms with Crippen molar-refractivity contribution in [3.63, 3.8) is 0 Å². The van der Waals surface area contributed by atoms with Gasteiger partial charge in [-0.2, -0.15) is 0 Å². The molecule has 0 saturated heterocycles. The maximum absolute atomic E-state index is 12.1. The Kier molecular flexibility index (Phi) is 6.45. The molecule has 0 fully saturated rings. The molecule has 0 radical (unpaired) electrons. The van der Waals surface area contributed by atoms with Crippen LogP contribution in [-0.4, -0.2) is 52.4 Å². The number of hydrogen-bond donors (Lipinski definition) is 3. The third-order valence-electron chi connectivity index (χ3n) is 3.22. The molecule has 0 aromatic heterocycles. The van der Waals surface area contributed by atoms with Crippen LogP contribution >= 0.6 is 0 Å². The van der Waals surface area contributed by atoms with Crippen LogP contribution in [0, 0.1) is 0 Å². The second kappa shape index (κ2) is 7.85. The molecular weight excluding hydrogens is 274 g/mol. The maximum Gasteiger partial charge on any atom is 0.326 e. The van der Waals surface area contributed by atoms with Crippen LogP contribution in [0.15, 0.2) is 18.2 Å². The monoisotopic (exact) mass is 297 g/mol. The van der Waals surface area contributed by atoms with Gasteiger partial charge in [0.25, 0.3) is 0 Å². The summed E-state index contributed by atoms with van der Waals surface area (Å²) in [4.78, 5) is 13.8. The topological polar surface area (TPSA) is 90.2 Å². The van der Waals surface area contributed by atoms with Crippen molar-refractivity contribution in [2.75, 3.05) is 20.2 Å². The van der Waals surface area contributed by atoms with Crippen LogP contribution in [0.1, 0.15) is 31.9 Å². The molecule has 0 aliphatic rings. The second-order valence-corrected chi connectivity index (χ2v) is 4.87. The summed E-state index contributed by atoms with van der Waals surface area (Å²) in [6.45, 7) is 4.51. The van der Waals surface area contributed by atoms with Crippen LogP contribution in [0.4, 0.5) is 0 Å². The van der Waals surface area contributed by atoms with Gasteiger partial charge in [-0.15, -0.1) is 0 Å². The minimum absolute atomic E-state index is 0.225. The largest absolute Gasteiger partial charge is 0.504 e. The highest BCUT2D eigenvalue weighted by molar-refractivity contribution is 5.77. The van der Waals surface area contributed by atoms with Crippen molar-refractivity contribution < 1.29 is 24.9 Å². The molecule has 3 N–H and O–H groups in total. The minimum Gasteiger partial charge on any atom is -0.504 e. The van der Waals surface area contributed by atoms with Crippen LogP contribution in [0.25, 0.3) is 0 Å². The predicted octanol–water partition coefficient (Wildman–Crippen LogP) is 1.40. The number of phenolic OH excluding ortho intramolecular Hbond substituents is 2. The Balaban J connectivity index is 3.05. The van der Waals surface area contributed by atoms with Crippen LogP contribution in [0.2, 0.25) is 0 Å². The molecule has 0 aliphatic heterocycles. The van der Waals surface area contributed by atoms with Crippen molar-refractivity contribution in [2.24, 2.45) is 0 Å². The van der Waals surface area contributed by atoms with Gasteiger partial charge < -0.3 is 20.1 Å². The highest BCUT2D eigenvalue weighted by Crippen LogP contribution is 2.30. The number of carbonyl (C=O) groups is 1. The van der Waals surface area contributed by atoms with E-state index in [-0.39, 0.29) is 18.1 Å². The van der Waals surface area contributed by atoms with Crippen LogP contribution in [0.5, 0.6) is 11.5 Å². The predicted molar refractivity (Wildman–Crippen MR) is 78.1 cm³/mol. The normalized spacial score (nSPS) is 14.0. The van der Waals surface area contributed by atoms with Gasteiger partial charge in [0.15, 0.2) is 11.5 Å². The van der Waals surface area contributed by atoms with Crippen LogP contribution in [0.3, 0.4) is 0 Å². The number of rotatable bonds is 7. The molecule has 118 valence electrons. The van der Waals surface area contributed by atoms with E-state index >= 15 is 0 Å². The standard InChI is InChI=1S/C15H23NO5/c1-4-8-16(3)13(15(20)21-5-2)14(19)10-6-7-11(17)12(18)9-10/h6-7,9,13-14,17-19H,4-5,8H2,1-3H3/t13-,14?/m0/s1. The molecule has 6 nitrogen and oxygen atoms in total. The molecular formula is C15H23NO5. The smallest absolute Gasteiger partial charge is 0.326 e. The first-order valence-corrected chi connectivity index (χ1v) is 6.99. The maximum atomic E-state index is 12.1. The van der Waals surface area contributed by atoms with Crippen LogP contribution in [-0.2, 0) is 9.53 Å². The lowest BCUT2D eigenvalue weighted by molar-refractivity contribution is -0.153. The fraction of sp³-hybridized carbons (Fsp3) is 0.533. The number of phenols is 2. The molecule has 0 bridgehead atoms. The number of aromatic hydroxyl groups is 2. The molecule has 2 atom stereocenters. The highest BCUT2D eigenvalue weighted by Gasteiger charge is 2.33. The van der Waals surface area contributed by atoms with Gasteiger partial charge in [-0.3, -0.25) is 9.69 Å². The van der Waals surface area contributed by atoms with Gasteiger partial charge in [-0.25, -0.2) is 0 Å².